The Kier molecular flexibility index (Phi) is 5.15. The minimum absolute atomic E-state index is 0.0309. The molecule has 6 heteroatoms. The van der Waals surface area contributed by atoms with Crippen LogP contribution in [0.3, 0.4) is 0 Å². The first-order chi connectivity index (χ1) is 10.8. The molecule has 0 spiro atoms. The fourth-order valence-electron chi connectivity index (χ4n) is 2.09. The lowest BCUT2D eigenvalue weighted by Crippen LogP contribution is -2.38. The van der Waals surface area contributed by atoms with E-state index in [4.69, 9.17) is 4.52 Å². The van der Waals surface area contributed by atoms with Crippen molar-refractivity contribution >= 4 is 5.91 Å². The van der Waals surface area contributed by atoms with E-state index in [1.54, 1.807) is 13.0 Å². The quantitative estimate of drug-likeness (QED) is 0.858. The zero-order valence-corrected chi connectivity index (χ0v) is 13.5. The summed E-state index contributed by atoms with van der Waals surface area (Å²) in [5, 5.41) is 16.9. The molecule has 0 aliphatic carbocycles. The van der Waals surface area contributed by atoms with Crippen molar-refractivity contribution in [2.45, 2.75) is 38.7 Å². The Morgan fingerprint density at radius 2 is 2.09 bits per heavy atom. The summed E-state index contributed by atoms with van der Waals surface area (Å²) in [5.41, 5.74) is -0.0804. The lowest BCUT2D eigenvalue weighted by atomic mass is 9.96. The number of halogens is 1. The number of carbonyl (C=O) groups excluding carboxylic acids is 1. The van der Waals surface area contributed by atoms with Crippen molar-refractivity contribution in [3.8, 4) is 0 Å². The van der Waals surface area contributed by atoms with Gasteiger partial charge in [0, 0.05) is 12.0 Å². The van der Waals surface area contributed by atoms with Crippen molar-refractivity contribution in [3.63, 3.8) is 0 Å². The molecule has 2 unspecified atom stereocenters. The molecule has 1 aromatic carbocycles. The van der Waals surface area contributed by atoms with Gasteiger partial charge in [0.1, 0.15) is 11.4 Å². The highest BCUT2D eigenvalue weighted by molar-refractivity contribution is 5.91. The Morgan fingerprint density at radius 1 is 1.43 bits per heavy atom. The van der Waals surface area contributed by atoms with Gasteiger partial charge >= 0.3 is 0 Å². The van der Waals surface area contributed by atoms with E-state index in [1.807, 2.05) is 13.8 Å². The van der Waals surface area contributed by atoms with Gasteiger partial charge in [-0.15, -0.1) is 0 Å². The molecule has 5 nitrogen and oxygen atoms in total. The first-order valence-electron chi connectivity index (χ1n) is 7.56. The summed E-state index contributed by atoms with van der Waals surface area (Å²) in [6.45, 7) is 5.54. The van der Waals surface area contributed by atoms with Crippen LogP contribution in [0, 0.1) is 5.82 Å². The summed E-state index contributed by atoms with van der Waals surface area (Å²) >= 11 is 0. The van der Waals surface area contributed by atoms with E-state index in [0.717, 1.165) is 12.1 Å². The average molecular weight is 320 g/mol. The molecule has 1 aromatic heterocycles. The Hall–Kier alpha value is -2.21. The van der Waals surface area contributed by atoms with Gasteiger partial charge in [0.25, 0.3) is 5.91 Å². The molecule has 0 fully saturated rings. The second kappa shape index (κ2) is 6.91. The maximum Gasteiger partial charge on any atom is 0.290 e. The average Bonchev–Trinajstić information content (AvgIpc) is 3.02. The number of rotatable bonds is 6. The highest BCUT2D eigenvalue weighted by Gasteiger charge is 2.25. The van der Waals surface area contributed by atoms with Crippen molar-refractivity contribution < 1.29 is 18.8 Å². The van der Waals surface area contributed by atoms with Crippen LogP contribution >= 0.6 is 0 Å². The summed E-state index contributed by atoms with van der Waals surface area (Å²) in [5.74, 6) is -0.514. The summed E-state index contributed by atoms with van der Waals surface area (Å²) < 4.78 is 18.0. The summed E-state index contributed by atoms with van der Waals surface area (Å²) in [4.78, 5) is 12.1. The lowest BCUT2D eigenvalue weighted by molar-refractivity contribution is 0.0516. The van der Waals surface area contributed by atoms with E-state index in [9.17, 15) is 14.3 Å². The van der Waals surface area contributed by atoms with E-state index in [0.29, 0.717) is 5.56 Å². The van der Waals surface area contributed by atoms with Gasteiger partial charge in [-0.05, 0) is 31.0 Å². The van der Waals surface area contributed by atoms with Crippen molar-refractivity contribution in [1.82, 2.24) is 10.5 Å². The number of nitrogens with zero attached hydrogens (tertiary/aromatic N) is 1. The fraction of sp³-hybridized carbons (Fsp3) is 0.412. The van der Waals surface area contributed by atoms with Crippen LogP contribution < -0.4 is 5.32 Å². The Bertz CT molecular complexity index is 665. The van der Waals surface area contributed by atoms with Gasteiger partial charge in [0.05, 0.1) is 12.2 Å². The van der Waals surface area contributed by atoms with Gasteiger partial charge < -0.3 is 14.9 Å². The Morgan fingerprint density at radius 3 is 2.70 bits per heavy atom. The number of aliphatic hydroxyl groups is 1. The van der Waals surface area contributed by atoms with E-state index >= 15 is 0 Å². The molecule has 2 aromatic rings. The van der Waals surface area contributed by atoms with Crippen molar-refractivity contribution in [2.24, 2.45) is 0 Å². The highest BCUT2D eigenvalue weighted by atomic mass is 19.1. The van der Waals surface area contributed by atoms with Crippen LogP contribution in [0.4, 0.5) is 4.39 Å². The molecule has 0 aliphatic heterocycles. The largest absolute Gasteiger partial charge is 0.384 e. The number of nitrogens with one attached hydrogen (secondary N) is 1. The molecule has 0 saturated heterocycles. The molecule has 2 atom stereocenters. The van der Waals surface area contributed by atoms with Crippen LogP contribution in [-0.2, 0) is 5.60 Å². The van der Waals surface area contributed by atoms with Crippen molar-refractivity contribution in [1.29, 1.82) is 0 Å². The zero-order chi connectivity index (χ0) is 17.0. The van der Waals surface area contributed by atoms with Crippen molar-refractivity contribution in [2.75, 3.05) is 6.54 Å². The van der Waals surface area contributed by atoms with Crippen molar-refractivity contribution in [3.05, 3.63) is 53.2 Å². The second-order valence-electron chi connectivity index (χ2n) is 5.89. The van der Waals surface area contributed by atoms with Crippen LogP contribution in [0.5, 0.6) is 0 Å². The molecular formula is C17H21FN2O3. The highest BCUT2D eigenvalue weighted by Crippen LogP contribution is 2.21. The summed E-state index contributed by atoms with van der Waals surface area (Å²) in [6, 6.07) is 7.10. The Balaban J connectivity index is 2.00. The molecule has 0 saturated carbocycles. The summed E-state index contributed by atoms with van der Waals surface area (Å²) in [6.07, 6.45) is 0.896. The van der Waals surface area contributed by atoms with Gasteiger partial charge in [-0.1, -0.05) is 31.1 Å². The van der Waals surface area contributed by atoms with Crippen LogP contribution in [-0.4, -0.2) is 22.7 Å². The first kappa shape index (κ1) is 17.1. The van der Waals surface area contributed by atoms with Crippen LogP contribution in [0.15, 0.2) is 34.9 Å². The van der Waals surface area contributed by atoms with E-state index in [1.165, 1.54) is 24.3 Å². The maximum absolute atomic E-state index is 12.9. The molecule has 124 valence electrons. The number of benzene rings is 1. The van der Waals surface area contributed by atoms with Gasteiger partial charge in [-0.25, -0.2) is 4.39 Å². The predicted molar refractivity (Wildman–Crippen MR) is 83.5 cm³/mol. The van der Waals surface area contributed by atoms with Gasteiger partial charge in [0.15, 0.2) is 0 Å². The van der Waals surface area contributed by atoms with Gasteiger partial charge in [0.2, 0.25) is 5.76 Å². The first-order valence-corrected chi connectivity index (χ1v) is 7.56. The molecule has 0 radical (unpaired) electrons. The zero-order valence-electron chi connectivity index (χ0n) is 13.5. The Labute approximate surface area is 134 Å². The normalized spacial score (nSPS) is 15.0. The van der Waals surface area contributed by atoms with Crippen LogP contribution in [0.1, 0.15) is 54.9 Å². The van der Waals surface area contributed by atoms with Gasteiger partial charge in [-0.2, -0.15) is 0 Å². The van der Waals surface area contributed by atoms with E-state index in [2.05, 4.69) is 10.5 Å². The van der Waals surface area contributed by atoms with Crippen LogP contribution in [0.2, 0.25) is 0 Å². The third kappa shape index (κ3) is 4.16. The number of hydrogen-bond acceptors (Lipinski definition) is 4. The molecule has 0 aliphatic rings. The third-order valence-corrected chi connectivity index (χ3v) is 3.93. The molecule has 1 heterocycles. The lowest BCUT2D eigenvalue weighted by Gasteiger charge is -2.23. The summed E-state index contributed by atoms with van der Waals surface area (Å²) in [7, 11) is 0. The predicted octanol–water partition coefficient (Wildman–Crippen LogP) is 2.96. The minimum Gasteiger partial charge on any atom is -0.384 e. The molecule has 2 N–H and O–H groups in total. The molecule has 1 amide bonds. The topological polar surface area (TPSA) is 75.4 Å². The van der Waals surface area contributed by atoms with Gasteiger partial charge in [-0.3, -0.25) is 4.79 Å². The molecular weight excluding hydrogens is 299 g/mol. The third-order valence-electron chi connectivity index (χ3n) is 3.93. The smallest absolute Gasteiger partial charge is 0.290 e. The monoisotopic (exact) mass is 320 g/mol. The molecule has 2 rings (SSSR count). The van der Waals surface area contributed by atoms with E-state index < -0.39 is 11.5 Å². The fourth-order valence-corrected chi connectivity index (χ4v) is 2.09. The number of hydrogen-bond donors (Lipinski definition) is 2. The number of carbonyl (C=O) groups is 1. The standard InChI is InChI=1S/C17H21FN2O3/c1-4-11(2)14-9-15(23-20-14)16(21)19-10-17(3,22)12-5-7-13(18)8-6-12/h5-9,11,22H,4,10H2,1-3H3,(H,19,21). The molecule has 0 bridgehead atoms. The SMILES string of the molecule is CCC(C)c1cc(C(=O)NCC(C)(O)c2ccc(F)cc2)on1. The maximum atomic E-state index is 12.9. The second-order valence-corrected chi connectivity index (χ2v) is 5.89. The number of aromatic nitrogens is 1. The van der Waals surface area contributed by atoms with Crippen LogP contribution in [0.25, 0.3) is 0 Å². The number of amides is 1. The van der Waals surface area contributed by atoms with E-state index in [-0.39, 0.29) is 24.0 Å². The molecule has 23 heavy (non-hydrogen) atoms. The minimum atomic E-state index is -1.32.